The number of benzene rings is 1. The van der Waals surface area contributed by atoms with Crippen LogP contribution in [0.5, 0.6) is 0 Å². The number of pyridine rings is 1. The van der Waals surface area contributed by atoms with E-state index in [-0.39, 0.29) is 0 Å². The lowest BCUT2D eigenvalue weighted by Crippen LogP contribution is -2.24. The molecule has 0 bridgehead atoms. The third kappa shape index (κ3) is 4.73. The molecule has 1 aromatic carbocycles. The molecule has 0 atom stereocenters. The number of aromatic nitrogens is 1. The average Bonchev–Trinajstić information content (AvgIpc) is 2.46. The normalized spacial score (nSPS) is 10.9. The maximum Gasteiger partial charge on any atom is 0.0427 e. The predicted molar refractivity (Wildman–Crippen MR) is 89.8 cm³/mol. The zero-order valence-corrected chi connectivity index (χ0v) is 13.6. The van der Waals surface area contributed by atoms with Crippen LogP contribution >= 0.6 is 11.6 Å². The van der Waals surface area contributed by atoms with Crippen molar-refractivity contribution in [1.29, 1.82) is 0 Å². The fraction of sp³-hybridized carbons (Fsp3) is 0.353. The molecule has 2 aromatic rings. The molecule has 0 fully saturated rings. The fourth-order valence-electron chi connectivity index (χ4n) is 2.20. The van der Waals surface area contributed by atoms with Crippen LogP contribution in [0.25, 0.3) is 0 Å². The molecule has 0 spiro atoms. The van der Waals surface area contributed by atoms with E-state index >= 15 is 0 Å². The topological polar surface area (TPSA) is 28.2 Å². The number of anilines is 1. The van der Waals surface area contributed by atoms with Crippen molar-refractivity contribution in [2.24, 2.45) is 0 Å². The summed E-state index contributed by atoms with van der Waals surface area (Å²) < 4.78 is 0. The minimum absolute atomic E-state index is 0.457. The van der Waals surface area contributed by atoms with Crippen molar-refractivity contribution in [2.45, 2.75) is 33.0 Å². The smallest absolute Gasteiger partial charge is 0.0427 e. The molecule has 2 rings (SSSR count). The Labute approximate surface area is 132 Å². The highest BCUT2D eigenvalue weighted by Crippen LogP contribution is 2.25. The van der Waals surface area contributed by atoms with Gasteiger partial charge in [-0.2, -0.15) is 0 Å². The van der Waals surface area contributed by atoms with Gasteiger partial charge in [0, 0.05) is 49.3 Å². The molecule has 0 saturated heterocycles. The van der Waals surface area contributed by atoms with Gasteiger partial charge in [0.05, 0.1) is 0 Å². The molecule has 0 aliphatic carbocycles. The summed E-state index contributed by atoms with van der Waals surface area (Å²) in [6.45, 7) is 5.97. The van der Waals surface area contributed by atoms with Crippen LogP contribution in [-0.4, -0.2) is 18.1 Å². The van der Waals surface area contributed by atoms with Gasteiger partial charge >= 0.3 is 0 Å². The first-order valence-electron chi connectivity index (χ1n) is 7.18. The second-order valence-electron chi connectivity index (χ2n) is 5.52. The Kier molecular flexibility index (Phi) is 5.59. The minimum atomic E-state index is 0.457. The van der Waals surface area contributed by atoms with Crippen molar-refractivity contribution >= 4 is 17.3 Å². The van der Waals surface area contributed by atoms with Crippen LogP contribution < -0.4 is 10.2 Å². The van der Waals surface area contributed by atoms with Gasteiger partial charge in [-0.25, -0.2) is 0 Å². The largest absolute Gasteiger partial charge is 0.370 e. The standard InChI is InChI=1S/C17H22ClN3/c1-13(2)20-11-15-4-5-16(18)10-17(15)21(3)12-14-6-8-19-9-7-14/h4-10,13,20H,11-12H2,1-3H3. The summed E-state index contributed by atoms with van der Waals surface area (Å²) in [4.78, 5) is 6.28. The maximum absolute atomic E-state index is 6.17. The lowest BCUT2D eigenvalue weighted by molar-refractivity contribution is 0.588. The zero-order valence-electron chi connectivity index (χ0n) is 12.8. The molecule has 0 aliphatic heterocycles. The first-order chi connectivity index (χ1) is 10.1. The number of nitrogens with one attached hydrogen (secondary N) is 1. The van der Waals surface area contributed by atoms with Crippen LogP contribution in [0, 0.1) is 0 Å². The molecule has 112 valence electrons. The highest BCUT2D eigenvalue weighted by Gasteiger charge is 2.09. The molecule has 21 heavy (non-hydrogen) atoms. The van der Waals surface area contributed by atoms with Crippen LogP contribution in [-0.2, 0) is 13.1 Å². The molecule has 0 amide bonds. The second kappa shape index (κ2) is 7.43. The lowest BCUT2D eigenvalue weighted by atomic mass is 10.1. The monoisotopic (exact) mass is 303 g/mol. The van der Waals surface area contributed by atoms with E-state index < -0.39 is 0 Å². The Morgan fingerprint density at radius 2 is 1.90 bits per heavy atom. The second-order valence-corrected chi connectivity index (χ2v) is 5.96. The minimum Gasteiger partial charge on any atom is -0.370 e. The summed E-state index contributed by atoms with van der Waals surface area (Å²) in [5.74, 6) is 0. The Balaban J connectivity index is 2.18. The first-order valence-corrected chi connectivity index (χ1v) is 7.56. The van der Waals surface area contributed by atoms with E-state index in [2.05, 4.69) is 42.2 Å². The molecule has 1 aromatic heterocycles. The van der Waals surface area contributed by atoms with Crippen molar-refractivity contribution < 1.29 is 0 Å². The van der Waals surface area contributed by atoms with Gasteiger partial charge in [0.2, 0.25) is 0 Å². The van der Waals surface area contributed by atoms with E-state index in [0.29, 0.717) is 6.04 Å². The molecule has 3 nitrogen and oxygen atoms in total. The molecule has 4 heteroatoms. The van der Waals surface area contributed by atoms with E-state index in [4.69, 9.17) is 11.6 Å². The van der Waals surface area contributed by atoms with Crippen molar-refractivity contribution in [3.8, 4) is 0 Å². The van der Waals surface area contributed by atoms with E-state index in [1.807, 2.05) is 36.7 Å². The summed E-state index contributed by atoms with van der Waals surface area (Å²) in [5, 5.41) is 4.22. The Morgan fingerprint density at radius 1 is 1.19 bits per heavy atom. The predicted octanol–water partition coefficient (Wildman–Crippen LogP) is 3.87. The van der Waals surface area contributed by atoms with Gasteiger partial charge in [0.15, 0.2) is 0 Å². The van der Waals surface area contributed by atoms with E-state index in [9.17, 15) is 0 Å². The fourth-order valence-corrected chi connectivity index (χ4v) is 2.37. The summed E-state index contributed by atoms with van der Waals surface area (Å²) in [7, 11) is 2.09. The van der Waals surface area contributed by atoms with Crippen molar-refractivity contribution in [3.63, 3.8) is 0 Å². The maximum atomic E-state index is 6.17. The van der Waals surface area contributed by atoms with Crippen LogP contribution in [0.3, 0.4) is 0 Å². The number of hydrogen-bond acceptors (Lipinski definition) is 3. The molecule has 1 N–H and O–H groups in total. The van der Waals surface area contributed by atoms with Gasteiger partial charge in [-0.15, -0.1) is 0 Å². The molecule has 0 aliphatic rings. The number of nitrogens with zero attached hydrogens (tertiary/aromatic N) is 2. The molecule has 0 saturated carbocycles. The SMILES string of the molecule is CC(C)NCc1ccc(Cl)cc1N(C)Cc1ccncc1. The van der Waals surface area contributed by atoms with Gasteiger partial charge in [0.1, 0.15) is 0 Å². The Bertz CT molecular complexity index is 570. The summed E-state index contributed by atoms with van der Waals surface area (Å²) >= 11 is 6.17. The lowest BCUT2D eigenvalue weighted by Gasteiger charge is -2.23. The van der Waals surface area contributed by atoms with Crippen LogP contribution in [0.15, 0.2) is 42.7 Å². The molecule has 1 heterocycles. The van der Waals surface area contributed by atoms with Crippen molar-refractivity contribution in [3.05, 3.63) is 58.9 Å². The molecular formula is C17H22ClN3. The number of halogens is 1. The summed E-state index contributed by atoms with van der Waals surface area (Å²) in [6, 6.07) is 10.6. The van der Waals surface area contributed by atoms with Gasteiger partial charge in [-0.3, -0.25) is 4.98 Å². The van der Waals surface area contributed by atoms with E-state index in [0.717, 1.165) is 23.8 Å². The highest BCUT2D eigenvalue weighted by atomic mass is 35.5. The summed E-state index contributed by atoms with van der Waals surface area (Å²) in [5.41, 5.74) is 3.65. The molecular weight excluding hydrogens is 282 g/mol. The number of hydrogen-bond donors (Lipinski definition) is 1. The quantitative estimate of drug-likeness (QED) is 0.878. The zero-order chi connectivity index (χ0) is 15.2. The average molecular weight is 304 g/mol. The van der Waals surface area contributed by atoms with E-state index in [1.165, 1.54) is 11.1 Å². The van der Waals surface area contributed by atoms with Gasteiger partial charge in [-0.05, 0) is 35.4 Å². The number of rotatable bonds is 6. The Morgan fingerprint density at radius 3 is 2.57 bits per heavy atom. The van der Waals surface area contributed by atoms with Crippen LogP contribution in [0.1, 0.15) is 25.0 Å². The molecule has 0 radical (unpaired) electrons. The van der Waals surface area contributed by atoms with Crippen LogP contribution in [0.4, 0.5) is 5.69 Å². The Hall–Kier alpha value is -1.58. The first kappa shape index (κ1) is 15.8. The van der Waals surface area contributed by atoms with Gasteiger partial charge < -0.3 is 10.2 Å². The molecule has 0 unspecified atom stereocenters. The van der Waals surface area contributed by atoms with Crippen molar-refractivity contribution in [2.75, 3.05) is 11.9 Å². The van der Waals surface area contributed by atoms with Crippen molar-refractivity contribution in [1.82, 2.24) is 10.3 Å². The summed E-state index contributed by atoms with van der Waals surface area (Å²) in [6.07, 6.45) is 3.64. The van der Waals surface area contributed by atoms with Crippen LogP contribution in [0.2, 0.25) is 5.02 Å². The third-order valence-electron chi connectivity index (χ3n) is 3.33. The highest BCUT2D eigenvalue weighted by molar-refractivity contribution is 6.30. The van der Waals surface area contributed by atoms with Gasteiger partial charge in [-0.1, -0.05) is 31.5 Å². The third-order valence-corrected chi connectivity index (χ3v) is 3.56. The van der Waals surface area contributed by atoms with Gasteiger partial charge in [0.25, 0.3) is 0 Å². The van der Waals surface area contributed by atoms with E-state index in [1.54, 1.807) is 0 Å².